The molecule has 6 atom stereocenters. The molecule has 3 amide bonds. The Bertz CT molecular complexity index is 647. The molecule has 12 nitrogen and oxygen atoms in total. The number of carboxylic acids is 1. The highest BCUT2D eigenvalue weighted by Gasteiger charge is 2.33. The largest absolute Gasteiger partial charge is 0.480 e. The van der Waals surface area contributed by atoms with Crippen molar-refractivity contribution in [2.75, 3.05) is 13.1 Å². The summed E-state index contributed by atoms with van der Waals surface area (Å²) in [4.78, 5) is 49.8. The van der Waals surface area contributed by atoms with Gasteiger partial charge in [0.1, 0.15) is 12.1 Å². The SMILES string of the molecule is CCC(C)C(NC(=O)C(CCCCN)NC(=O)C(N)CCCCN)C(=O)NC(C(=O)O)C(C)O. The van der Waals surface area contributed by atoms with Gasteiger partial charge < -0.3 is 43.4 Å². The summed E-state index contributed by atoms with van der Waals surface area (Å²) in [5, 5.41) is 26.5. The third kappa shape index (κ3) is 11.7. The van der Waals surface area contributed by atoms with Gasteiger partial charge in [-0.3, -0.25) is 14.4 Å². The minimum absolute atomic E-state index is 0.296. The molecule has 0 aromatic rings. The molecule has 0 fully saturated rings. The lowest BCUT2D eigenvalue weighted by Gasteiger charge is -2.28. The number of nitrogens with one attached hydrogen (secondary N) is 3. The number of aliphatic hydroxyl groups excluding tert-OH is 1. The van der Waals surface area contributed by atoms with Gasteiger partial charge in [0.2, 0.25) is 17.7 Å². The highest BCUT2D eigenvalue weighted by atomic mass is 16.4. The first-order valence-corrected chi connectivity index (χ1v) is 12.0. The molecule has 6 unspecified atom stereocenters. The smallest absolute Gasteiger partial charge is 0.328 e. The van der Waals surface area contributed by atoms with Crippen LogP contribution in [0.1, 0.15) is 65.7 Å². The Hall–Kier alpha value is -2.28. The number of rotatable bonds is 18. The molecular weight excluding hydrogens is 444 g/mol. The quantitative estimate of drug-likeness (QED) is 0.105. The molecule has 0 rings (SSSR count). The zero-order valence-corrected chi connectivity index (χ0v) is 20.6. The third-order valence-electron chi connectivity index (χ3n) is 5.73. The van der Waals surface area contributed by atoms with Crippen molar-refractivity contribution in [3.8, 4) is 0 Å². The van der Waals surface area contributed by atoms with E-state index in [1.165, 1.54) is 6.92 Å². The van der Waals surface area contributed by atoms with E-state index in [1.54, 1.807) is 6.92 Å². The van der Waals surface area contributed by atoms with Gasteiger partial charge in [-0.25, -0.2) is 4.79 Å². The van der Waals surface area contributed by atoms with E-state index in [0.29, 0.717) is 51.6 Å². The van der Waals surface area contributed by atoms with Gasteiger partial charge in [0.05, 0.1) is 12.1 Å². The molecule has 0 spiro atoms. The van der Waals surface area contributed by atoms with E-state index in [0.717, 1.165) is 6.42 Å². The number of carbonyl (C=O) groups is 4. The number of unbranched alkanes of at least 4 members (excludes halogenated alkanes) is 2. The third-order valence-corrected chi connectivity index (χ3v) is 5.73. The Morgan fingerprint density at radius 2 is 1.32 bits per heavy atom. The molecule has 198 valence electrons. The van der Waals surface area contributed by atoms with Crippen LogP contribution in [0.3, 0.4) is 0 Å². The maximum atomic E-state index is 13.1. The van der Waals surface area contributed by atoms with Crippen LogP contribution in [-0.4, -0.2) is 77.3 Å². The van der Waals surface area contributed by atoms with E-state index in [-0.39, 0.29) is 5.92 Å². The number of nitrogens with two attached hydrogens (primary N) is 3. The number of aliphatic hydroxyl groups is 1. The van der Waals surface area contributed by atoms with Gasteiger partial charge in [0, 0.05) is 0 Å². The Labute approximate surface area is 201 Å². The van der Waals surface area contributed by atoms with Crippen molar-refractivity contribution in [2.45, 2.75) is 96.0 Å². The Kier molecular flexibility index (Phi) is 16.0. The van der Waals surface area contributed by atoms with Gasteiger partial charge in [-0.05, 0) is 58.0 Å². The van der Waals surface area contributed by atoms with Crippen LogP contribution in [-0.2, 0) is 19.2 Å². The Morgan fingerprint density at radius 1 is 0.794 bits per heavy atom. The number of carboxylic acid groups (broad SMARTS) is 1. The standard InChI is InChI=1S/C22H44N6O6/c1-4-13(2)17(21(32)28-18(14(3)29)22(33)34)27-20(31)16(10-6-8-12-24)26-19(30)15(25)9-5-7-11-23/h13-18,29H,4-12,23-25H2,1-3H3,(H,26,30)(H,27,31)(H,28,32)(H,33,34). The topological polar surface area (TPSA) is 223 Å². The highest BCUT2D eigenvalue weighted by molar-refractivity contribution is 5.94. The summed E-state index contributed by atoms with van der Waals surface area (Å²) in [7, 11) is 0. The summed E-state index contributed by atoms with van der Waals surface area (Å²) >= 11 is 0. The molecule has 0 aromatic heterocycles. The molecule has 11 N–H and O–H groups in total. The zero-order chi connectivity index (χ0) is 26.3. The van der Waals surface area contributed by atoms with Gasteiger partial charge in [0.25, 0.3) is 0 Å². The molecule has 0 saturated carbocycles. The van der Waals surface area contributed by atoms with E-state index in [2.05, 4.69) is 16.0 Å². The fourth-order valence-electron chi connectivity index (χ4n) is 3.27. The monoisotopic (exact) mass is 488 g/mol. The van der Waals surface area contributed by atoms with Crippen molar-refractivity contribution < 1.29 is 29.4 Å². The molecule has 0 bridgehead atoms. The minimum atomic E-state index is -1.53. The summed E-state index contributed by atoms with van der Waals surface area (Å²) in [6.45, 7) is 5.72. The van der Waals surface area contributed by atoms with Crippen LogP contribution in [0, 0.1) is 5.92 Å². The van der Waals surface area contributed by atoms with Crippen LogP contribution in [0.2, 0.25) is 0 Å². The minimum Gasteiger partial charge on any atom is -0.480 e. The normalized spacial score (nSPS) is 16.4. The van der Waals surface area contributed by atoms with Gasteiger partial charge in [0.15, 0.2) is 6.04 Å². The van der Waals surface area contributed by atoms with E-state index in [1.807, 2.05) is 6.92 Å². The first-order valence-electron chi connectivity index (χ1n) is 12.0. The lowest BCUT2D eigenvalue weighted by atomic mass is 9.96. The second kappa shape index (κ2) is 17.2. The molecular formula is C22H44N6O6. The summed E-state index contributed by atoms with van der Waals surface area (Å²) < 4.78 is 0. The zero-order valence-electron chi connectivity index (χ0n) is 20.6. The van der Waals surface area contributed by atoms with Crippen LogP contribution >= 0.6 is 0 Å². The fourth-order valence-corrected chi connectivity index (χ4v) is 3.27. The molecule has 0 saturated heterocycles. The predicted octanol–water partition coefficient (Wildman–Crippen LogP) is -1.46. The van der Waals surface area contributed by atoms with Crippen molar-refractivity contribution in [3.63, 3.8) is 0 Å². The maximum Gasteiger partial charge on any atom is 0.328 e. The van der Waals surface area contributed by atoms with Crippen LogP contribution in [0.25, 0.3) is 0 Å². The molecule has 0 heterocycles. The molecule has 0 aliphatic heterocycles. The number of carbonyl (C=O) groups excluding carboxylic acids is 3. The van der Waals surface area contributed by atoms with E-state index < -0.39 is 54.0 Å². The fraction of sp³-hybridized carbons (Fsp3) is 0.818. The Balaban J connectivity index is 5.47. The molecule has 0 aromatic carbocycles. The lowest BCUT2D eigenvalue weighted by molar-refractivity contribution is -0.145. The van der Waals surface area contributed by atoms with Crippen molar-refractivity contribution in [1.29, 1.82) is 0 Å². The van der Waals surface area contributed by atoms with E-state index in [4.69, 9.17) is 17.2 Å². The van der Waals surface area contributed by atoms with Crippen LogP contribution in [0.15, 0.2) is 0 Å². The van der Waals surface area contributed by atoms with Crippen molar-refractivity contribution in [2.24, 2.45) is 23.1 Å². The highest BCUT2D eigenvalue weighted by Crippen LogP contribution is 2.11. The molecule has 0 aliphatic rings. The number of amides is 3. The van der Waals surface area contributed by atoms with Gasteiger partial charge >= 0.3 is 5.97 Å². The molecule has 0 aliphatic carbocycles. The number of aliphatic carboxylic acids is 1. The van der Waals surface area contributed by atoms with Gasteiger partial charge in [-0.2, -0.15) is 0 Å². The molecule has 12 heteroatoms. The second-order valence-electron chi connectivity index (χ2n) is 8.67. The lowest BCUT2D eigenvalue weighted by Crippen LogP contribution is -2.59. The van der Waals surface area contributed by atoms with Crippen LogP contribution < -0.4 is 33.2 Å². The number of hydrogen-bond donors (Lipinski definition) is 8. The predicted molar refractivity (Wildman–Crippen MR) is 128 cm³/mol. The average Bonchev–Trinajstić information content (AvgIpc) is 2.78. The van der Waals surface area contributed by atoms with Crippen molar-refractivity contribution >= 4 is 23.7 Å². The van der Waals surface area contributed by atoms with Crippen molar-refractivity contribution in [1.82, 2.24) is 16.0 Å². The summed E-state index contributed by atoms with van der Waals surface area (Å²) in [6.07, 6.45) is 2.53. The molecule has 0 radical (unpaired) electrons. The van der Waals surface area contributed by atoms with Gasteiger partial charge in [-0.15, -0.1) is 0 Å². The summed E-state index contributed by atoms with van der Waals surface area (Å²) in [5.41, 5.74) is 17.0. The first kappa shape index (κ1) is 31.7. The van der Waals surface area contributed by atoms with Gasteiger partial charge in [-0.1, -0.05) is 26.7 Å². The summed E-state index contributed by atoms with van der Waals surface area (Å²) in [6, 6.07) is -4.33. The van der Waals surface area contributed by atoms with Crippen LogP contribution in [0.5, 0.6) is 0 Å². The summed E-state index contributed by atoms with van der Waals surface area (Å²) in [5.74, 6) is -3.53. The second-order valence-corrected chi connectivity index (χ2v) is 8.67. The Morgan fingerprint density at radius 3 is 1.79 bits per heavy atom. The number of hydrogen-bond acceptors (Lipinski definition) is 8. The first-order chi connectivity index (χ1) is 16.0. The maximum absolute atomic E-state index is 13.1. The average molecular weight is 489 g/mol. The van der Waals surface area contributed by atoms with E-state index >= 15 is 0 Å². The van der Waals surface area contributed by atoms with Crippen molar-refractivity contribution in [3.05, 3.63) is 0 Å². The van der Waals surface area contributed by atoms with Crippen LogP contribution in [0.4, 0.5) is 0 Å². The van der Waals surface area contributed by atoms with E-state index in [9.17, 15) is 29.4 Å². The molecule has 34 heavy (non-hydrogen) atoms.